The quantitative estimate of drug-likeness (QED) is 0.688. The molecule has 6 heteroatoms. The number of pyridine rings is 1. The van der Waals surface area contributed by atoms with Crippen LogP contribution in [0.4, 0.5) is 0 Å². The number of carbonyl (C=O) groups excluding carboxylic acids is 1. The third kappa shape index (κ3) is 3.53. The van der Waals surface area contributed by atoms with Crippen LogP contribution in [0.25, 0.3) is 0 Å². The molecule has 0 radical (unpaired) electrons. The number of carboxylic acid groups (broad SMARTS) is 1. The van der Waals surface area contributed by atoms with Crippen LogP contribution < -0.4 is 5.32 Å². The molecule has 0 bridgehead atoms. The normalized spacial score (nSPS) is 11.9. The van der Waals surface area contributed by atoms with Gasteiger partial charge < -0.3 is 10.0 Å². The number of carbonyl (C=O) groups is 2. The second-order valence-corrected chi connectivity index (χ2v) is 3.62. The van der Waals surface area contributed by atoms with Crippen LogP contribution in [0, 0.1) is 0 Å². The molecule has 0 saturated heterocycles. The number of nitrogens with one attached hydrogen (secondary N) is 1. The SMILES string of the molecule is CNC(C(=O)O)C(=O)N(C)Cc1cccnc1. The smallest absolute Gasteiger partial charge is 0.330 e. The first-order valence-corrected chi connectivity index (χ1v) is 5.10. The zero-order valence-electron chi connectivity index (χ0n) is 9.75. The number of hydrogen-bond acceptors (Lipinski definition) is 4. The number of rotatable bonds is 5. The van der Waals surface area contributed by atoms with Crippen molar-refractivity contribution in [1.29, 1.82) is 0 Å². The first kappa shape index (κ1) is 13.1. The lowest BCUT2D eigenvalue weighted by Gasteiger charge is -2.20. The molecular weight excluding hydrogens is 222 g/mol. The molecule has 0 saturated carbocycles. The van der Waals surface area contributed by atoms with Crippen LogP contribution in [-0.4, -0.2) is 47.0 Å². The van der Waals surface area contributed by atoms with E-state index < -0.39 is 17.9 Å². The van der Waals surface area contributed by atoms with Gasteiger partial charge in [0, 0.05) is 26.0 Å². The fourth-order valence-electron chi connectivity index (χ4n) is 1.42. The van der Waals surface area contributed by atoms with E-state index in [0.717, 1.165) is 5.56 Å². The second-order valence-electron chi connectivity index (χ2n) is 3.62. The molecule has 0 aliphatic rings. The Kier molecular flexibility index (Phi) is 4.59. The number of hydrogen-bond donors (Lipinski definition) is 2. The fourth-order valence-corrected chi connectivity index (χ4v) is 1.42. The van der Waals surface area contributed by atoms with Crippen molar-refractivity contribution >= 4 is 11.9 Å². The monoisotopic (exact) mass is 237 g/mol. The summed E-state index contributed by atoms with van der Waals surface area (Å²) in [7, 11) is 3.00. The highest BCUT2D eigenvalue weighted by atomic mass is 16.4. The van der Waals surface area contributed by atoms with Crippen molar-refractivity contribution in [2.45, 2.75) is 12.6 Å². The summed E-state index contributed by atoms with van der Waals surface area (Å²) in [6, 6.07) is 2.38. The standard InChI is InChI=1S/C11H15N3O3/c1-12-9(11(16)17)10(15)14(2)7-8-4-3-5-13-6-8/h3-6,9,12H,7H2,1-2H3,(H,16,17). The van der Waals surface area contributed by atoms with Crippen LogP contribution >= 0.6 is 0 Å². The maximum atomic E-state index is 11.8. The van der Waals surface area contributed by atoms with Crippen LogP contribution in [0.3, 0.4) is 0 Å². The minimum atomic E-state index is -1.21. The lowest BCUT2D eigenvalue weighted by molar-refractivity contribution is -0.147. The lowest BCUT2D eigenvalue weighted by atomic mass is 10.2. The van der Waals surface area contributed by atoms with Crippen molar-refractivity contribution in [3.8, 4) is 0 Å². The van der Waals surface area contributed by atoms with Crippen LogP contribution in [0.2, 0.25) is 0 Å². The van der Waals surface area contributed by atoms with Gasteiger partial charge in [0.15, 0.2) is 6.04 Å². The molecule has 0 aliphatic heterocycles. The van der Waals surface area contributed by atoms with Gasteiger partial charge in [-0.1, -0.05) is 6.07 Å². The van der Waals surface area contributed by atoms with E-state index in [1.807, 2.05) is 6.07 Å². The Morgan fingerprint density at radius 1 is 1.59 bits per heavy atom. The molecule has 2 N–H and O–H groups in total. The van der Waals surface area contributed by atoms with Crippen LogP contribution in [0.1, 0.15) is 5.56 Å². The Labute approximate surface area is 99.3 Å². The topological polar surface area (TPSA) is 82.5 Å². The Bertz CT molecular complexity index is 394. The van der Waals surface area contributed by atoms with Gasteiger partial charge in [-0.2, -0.15) is 0 Å². The second kappa shape index (κ2) is 5.95. The summed E-state index contributed by atoms with van der Waals surface area (Å²) < 4.78 is 0. The maximum absolute atomic E-state index is 11.8. The molecule has 1 atom stereocenters. The summed E-state index contributed by atoms with van der Waals surface area (Å²) in [5.41, 5.74) is 0.851. The minimum Gasteiger partial charge on any atom is -0.480 e. The third-order valence-electron chi connectivity index (χ3n) is 2.30. The van der Waals surface area contributed by atoms with Gasteiger partial charge >= 0.3 is 5.97 Å². The van der Waals surface area contributed by atoms with Gasteiger partial charge in [-0.25, -0.2) is 4.79 Å². The predicted octanol–water partition coefficient (Wildman–Crippen LogP) is -0.287. The molecule has 1 rings (SSSR count). The number of likely N-dealkylation sites (N-methyl/N-ethyl adjacent to an activating group) is 2. The molecule has 1 amide bonds. The van der Waals surface area contributed by atoms with Gasteiger partial charge in [-0.15, -0.1) is 0 Å². The van der Waals surface area contributed by atoms with E-state index in [-0.39, 0.29) is 0 Å². The van der Waals surface area contributed by atoms with Crippen molar-refractivity contribution in [3.63, 3.8) is 0 Å². The van der Waals surface area contributed by atoms with E-state index in [2.05, 4.69) is 10.3 Å². The van der Waals surface area contributed by atoms with Crippen molar-refractivity contribution < 1.29 is 14.7 Å². The molecule has 0 aromatic carbocycles. The summed E-state index contributed by atoms with van der Waals surface area (Å²) >= 11 is 0. The van der Waals surface area contributed by atoms with Gasteiger partial charge in [0.2, 0.25) is 0 Å². The average molecular weight is 237 g/mol. The van der Waals surface area contributed by atoms with Crippen LogP contribution in [0.15, 0.2) is 24.5 Å². The first-order chi connectivity index (χ1) is 8.06. The van der Waals surface area contributed by atoms with Gasteiger partial charge in [0.05, 0.1) is 0 Å². The van der Waals surface area contributed by atoms with Gasteiger partial charge in [-0.3, -0.25) is 15.1 Å². The van der Waals surface area contributed by atoms with E-state index in [1.54, 1.807) is 25.5 Å². The molecule has 0 aliphatic carbocycles. The molecule has 1 heterocycles. The summed E-state index contributed by atoms with van der Waals surface area (Å²) in [4.78, 5) is 27.9. The molecule has 92 valence electrons. The minimum absolute atomic E-state index is 0.331. The maximum Gasteiger partial charge on any atom is 0.330 e. The van der Waals surface area contributed by atoms with E-state index in [9.17, 15) is 9.59 Å². The van der Waals surface area contributed by atoms with E-state index in [0.29, 0.717) is 6.54 Å². The zero-order chi connectivity index (χ0) is 12.8. The molecule has 6 nitrogen and oxygen atoms in total. The summed E-state index contributed by atoms with van der Waals surface area (Å²) in [5.74, 6) is -1.67. The molecule has 0 spiro atoms. The molecule has 0 fully saturated rings. The molecule has 1 unspecified atom stereocenters. The fraction of sp³-hybridized carbons (Fsp3) is 0.364. The summed E-state index contributed by atoms with van der Waals surface area (Å²) in [6.45, 7) is 0.331. The molecular formula is C11H15N3O3. The largest absolute Gasteiger partial charge is 0.480 e. The van der Waals surface area contributed by atoms with Gasteiger partial charge in [-0.05, 0) is 18.7 Å². The van der Waals surface area contributed by atoms with E-state index in [1.165, 1.54) is 11.9 Å². The van der Waals surface area contributed by atoms with E-state index in [4.69, 9.17) is 5.11 Å². The molecule has 1 aromatic heterocycles. The Morgan fingerprint density at radius 2 is 2.29 bits per heavy atom. The lowest BCUT2D eigenvalue weighted by Crippen LogP contribution is -2.48. The average Bonchev–Trinajstić information content (AvgIpc) is 2.30. The zero-order valence-corrected chi connectivity index (χ0v) is 9.75. The van der Waals surface area contributed by atoms with Crippen molar-refractivity contribution in [2.75, 3.05) is 14.1 Å². The highest BCUT2D eigenvalue weighted by Gasteiger charge is 2.27. The van der Waals surface area contributed by atoms with Crippen LogP contribution in [0.5, 0.6) is 0 Å². The summed E-state index contributed by atoms with van der Waals surface area (Å²) in [6.07, 6.45) is 3.28. The first-order valence-electron chi connectivity index (χ1n) is 5.10. The summed E-state index contributed by atoms with van der Waals surface area (Å²) in [5, 5.41) is 11.3. The Hall–Kier alpha value is -1.95. The highest BCUT2D eigenvalue weighted by Crippen LogP contribution is 2.02. The highest BCUT2D eigenvalue weighted by molar-refractivity contribution is 6.00. The Balaban J connectivity index is 2.67. The number of amides is 1. The third-order valence-corrected chi connectivity index (χ3v) is 2.30. The Morgan fingerprint density at radius 3 is 2.76 bits per heavy atom. The number of carboxylic acids is 1. The number of nitrogens with zero attached hydrogens (tertiary/aromatic N) is 2. The molecule has 1 aromatic rings. The van der Waals surface area contributed by atoms with E-state index >= 15 is 0 Å². The number of aromatic nitrogens is 1. The van der Waals surface area contributed by atoms with Crippen LogP contribution in [-0.2, 0) is 16.1 Å². The van der Waals surface area contributed by atoms with Crippen molar-refractivity contribution in [1.82, 2.24) is 15.2 Å². The predicted molar refractivity (Wildman–Crippen MR) is 61.2 cm³/mol. The van der Waals surface area contributed by atoms with Crippen molar-refractivity contribution in [3.05, 3.63) is 30.1 Å². The molecule has 17 heavy (non-hydrogen) atoms. The number of aliphatic carboxylic acids is 1. The van der Waals surface area contributed by atoms with Gasteiger partial charge in [0.1, 0.15) is 0 Å². The van der Waals surface area contributed by atoms with Gasteiger partial charge in [0.25, 0.3) is 5.91 Å². The van der Waals surface area contributed by atoms with Crippen molar-refractivity contribution in [2.24, 2.45) is 0 Å².